The lowest BCUT2D eigenvalue weighted by Crippen LogP contribution is -2.52. The molecule has 1 aliphatic heterocycles. The Labute approximate surface area is 143 Å². The Hall–Kier alpha value is -3.22. The van der Waals surface area contributed by atoms with Gasteiger partial charge in [0.1, 0.15) is 11.4 Å². The zero-order chi connectivity index (χ0) is 18.3. The van der Waals surface area contributed by atoms with E-state index in [2.05, 4.69) is 5.32 Å². The third-order valence-electron chi connectivity index (χ3n) is 4.14. The summed E-state index contributed by atoms with van der Waals surface area (Å²) in [6.07, 6.45) is 1.44. The number of imide groups is 2. The van der Waals surface area contributed by atoms with Gasteiger partial charge in [0.05, 0.1) is 0 Å². The first-order chi connectivity index (χ1) is 11.8. The van der Waals surface area contributed by atoms with Crippen LogP contribution < -0.4 is 5.32 Å². The van der Waals surface area contributed by atoms with Crippen molar-refractivity contribution in [1.29, 1.82) is 0 Å². The van der Waals surface area contributed by atoms with Gasteiger partial charge in [-0.2, -0.15) is 0 Å². The topological polar surface area (TPSA) is 71.4 Å². The summed E-state index contributed by atoms with van der Waals surface area (Å²) in [5.74, 6) is -1.75. The molecule has 1 aromatic carbocycles. The van der Waals surface area contributed by atoms with Crippen molar-refractivity contribution in [3.05, 3.63) is 58.7 Å². The van der Waals surface area contributed by atoms with Gasteiger partial charge in [-0.15, -0.1) is 0 Å². The zero-order valence-corrected chi connectivity index (χ0v) is 14.0. The maximum atomic E-state index is 13.5. The average Bonchev–Trinajstić information content (AvgIpc) is 2.83. The van der Waals surface area contributed by atoms with Gasteiger partial charge in [0.25, 0.3) is 11.8 Å². The fourth-order valence-electron chi connectivity index (χ4n) is 2.85. The van der Waals surface area contributed by atoms with Crippen LogP contribution in [0, 0.1) is 19.7 Å². The maximum absolute atomic E-state index is 13.5. The number of nitrogens with one attached hydrogen (secondary N) is 1. The van der Waals surface area contributed by atoms with Gasteiger partial charge in [0.2, 0.25) is 0 Å². The molecule has 2 heterocycles. The van der Waals surface area contributed by atoms with Gasteiger partial charge in [0, 0.05) is 24.1 Å². The molecule has 3 rings (SSSR count). The normalized spacial score (nSPS) is 16.6. The molecule has 1 aliphatic rings. The molecule has 0 atom stereocenters. The molecule has 1 saturated heterocycles. The summed E-state index contributed by atoms with van der Waals surface area (Å²) in [7, 11) is 1.30. The zero-order valence-electron chi connectivity index (χ0n) is 14.0. The Morgan fingerprint density at radius 1 is 1.12 bits per heavy atom. The fourth-order valence-corrected chi connectivity index (χ4v) is 2.85. The van der Waals surface area contributed by atoms with E-state index in [9.17, 15) is 18.8 Å². The van der Waals surface area contributed by atoms with Crippen molar-refractivity contribution < 1.29 is 18.8 Å². The van der Waals surface area contributed by atoms with E-state index in [1.165, 1.54) is 25.3 Å². The number of carbonyl (C=O) groups is 3. The predicted molar refractivity (Wildman–Crippen MR) is 89.5 cm³/mol. The Bertz CT molecular complexity index is 943. The van der Waals surface area contributed by atoms with E-state index in [4.69, 9.17) is 0 Å². The number of aryl methyl sites for hydroxylation is 1. The Morgan fingerprint density at radius 3 is 2.52 bits per heavy atom. The molecule has 0 bridgehead atoms. The molecule has 1 fully saturated rings. The van der Waals surface area contributed by atoms with Crippen molar-refractivity contribution in [1.82, 2.24) is 14.8 Å². The maximum Gasteiger partial charge on any atom is 0.331 e. The first-order valence-electron chi connectivity index (χ1n) is 7.59. The van der Waals surface area contributed by atoms with Crippen molar-refractivity contribution >= 4 is 23.9 Å². The van der Waals surface area contributed by atoms with E-state index in [0.717, 1.165) is 16.3 Å². The van der Waals surface area contributed by atoms with Crippen LogP contribution in [0.25, 0.3) is 11.8 Å². The number of barbiturate groups is 1. The van der Waals surface area contributed by atoms with E-state index < -0.39 is 17.8 Å². The number of aromatic nitrogens is 1. The summed E-state index contributed by atoms with van der Waals surface area (Å²) in [6.45, 7) is 3.66. The molecule has 6 nitrogen and oxygen atoms in total. The molecule has 0 radical (unpaired) electrons. The number of benzene rings is 1. The van der Waals surface area contributed by atoms with Crippen molar-refractivity contribution in [2.45, 2.75) is 13.8 Å². The molecule has 128 valence electrons. The monoisotopic (exact) mass is 341 g/mol. The van der Waals surface area contributed by atoms with E-state index in [-0.39, 0.29) is 11.4 Å². The highest BCUT2D eigenvalue weighted by Gasteiger charge is 2.33. The number of hydrogen-bond acceptors (Lipinski definition) is 3. The van der Waals surface area contributed by atoms with E-state index in [1.54, 1.807) is 18.2 Å². The number of urea groups is 1. The van der Waals surface area contributed by atoms with Gasteiger partial charge < -0.3 is 4.57 Å². The molecular formula is C18H16FN3O3. The first kappa shape index (κ1) is 16.6. The highest BCUT2D eigenvalue weighted by atomic mass is 19.1. The van der Waals surface area contributed by atoms with Crippen molar-refractivity contribution in [3.8, 4) is 5.69 Å². The van der Waals surface area contributed by atoms with Crippen LogP contribution in [-0.4, -0.2) is 34.4 Å². The molecule has 4 amide bonds. The number of halogens is 1. The number of amides is 4. The van der Waals surface area contributed by atoms with Gasteiger partial charge in [0.15, 0.2) is 0 Å². The van der Waals surface area contributed by atoms with E-state index in [1.807, 2.05) is 18.4 Å². The van der Waals surface area contributed by atoms with Crippen molar-refractivity contribution in [3.63, 3.8) is 0 Å². The fraction of sp³-hybridized carbons (Fsp3) is 0.167. The molecule has 0 unspecified atom stereocenters. The molecule has 7 heteroatoms. The molecule has 0 saturated carbocycles. The molecular weight excluding hydrogens is 325 g/mol. The lowest BCUT2D eigenvalue weighted by molar-refractivity contribution is -0.129. The molecule has 25 heavy (non-hydrogen) atoms. The minimum absolute atomic E-state index is 0.124. The van der Waals surface area contributed by atoms with Crippen LogP contribution in [0.3, 0.4) is 0 Å². The number of nitrogens with zero attached hydrogens (tertiary/aromatic N) is 2. The summed E-state index contributed by atoms with van der Waals surface area (Å²) in [4.78, 5) is 36.5. The van der Waals surface area contributed by atoms with Gasteiger partial charge in [-0.1, -0.05) is 6.07 Å². The Balaban J connectivity index is 2.08. The Morgan fingerprint density at radius 2 is 1.84 bits per heavy atom. The highest BCUT2D eigenvalue weighted by molar-refractivity contribution is 6.30. The molecule has 0 aliphatic carbocycles. The molecule has 1 aromatic heterocycles. The van der Waals surface area contributed by atoms with Gasteiger partial charge in [-0.25, -0.2) is 9.18 Å². The van der Waals surface area contributed by atoms with Crippen molar-refractivity contribution in [2.24, 2.45) is 0 Å². The quantitative estimate of drug-likeness (QED) is 0.673. The average molecular weight is 341 g/mol. The SMILES string of the molecule is Cc1cc(C=C2C(=O)NC(=O)N(C)C2=O)c(C)n1-c1cccc(F)c1. The Kier molecular flexibility index (Phi) is 4.00. The number of likely N-dealkylation sites (N-methyl/N-ethyl adjacent to an activating group) is 1. The minimum Gasteiger partial charge on any atom is -0.318 e. The standard InChI is InChI=1S/C18H16FN3O3/c1-10-7-12(8-15-16(23)20-18(25)21(3)17(15)24)11(2)22(10)14-6-4-5-13(19)9-14/h4-9H,1-3H3,(H,20,23,25). The summed E-state index contributed by atoms with van der Waals surface area (Å²) in [6, 6.07) is 7.19. The molecule has 2 aromatic rings. The summed E-state index contributed by atoms with van der Waals surface area (Å²) < 4.78 is 15.3. The third-order valence-corrected chi connectivity index (χ3v) is 4.14. The molecule has 0 spiro atoms. The van der Waals surface area contributed by atoms with Crippen LogP contribution in [-0.2, 0) is 9.59 Å². The van der Waals surface area contributed by atoms with Crippen LogP contribution in [0.5, 0.6) is 0 Å². The lowest BCUT2D eigenvalue weighted by Gasteiger charge is -2.22. The summed E-state index contributed by atoms with van der Waals surface area (Å²) >= 11 is 0. The largest absolute Gasteiger partial charge is 0.331 e. The summed E-state index contributed by atoms with van der Waals surface area (Å²) in [5, 5.41) is 2.11. The minimum atomic E-state index is -0.752. The predicted octanol–water partition coefficient (Wildman–Crippen LogP) is 2.32. The smallest absolute Gasteiger partial charge is 0.318 e. The lowest BCUT2D eigenvalue weighted by atomic mass is 10.1. The summed E-state index contributed by atoms with van der Waals surface area (Å²) in [5.41, 5.74) is 2.73. The third kappa shape index (κ3) is 2.84. The van der Waals surface area contributed by atoms with Crippen LogP contribution in [0.2, 0.25) is 0 Å². The van der Waals surface area contributed by atoms with Crippen LogP contribution in [0.1, 0.15) is 17.0 Å². The number of rotatable bonds is 2. The second-order valence-corrected chi connectivity index (χ2v) is 5.82. The van der Waals surface area contributed by atoms with Gasteiger partial charge >= 0.3 is 6.03 Å². The van der Waals surface area contributed by atoms with Crippen molar-refractivity contribution in [2.75, 3.05) is 7.05 Å². The van der Waals surface area contributed by atoms with Gasteiger partial charge in [-0.3, -0.25) is 19.8 Å². The highest BCUT2D eigenvalue weighted by Crippen LogP contribution is 2.24. The number of carbonyl (C=O) groups excluding carboxylic acids is 3. The second kappa shape index (κ2) is 6.01. The van der Waals surface area contributed by atoms with E-state index >= 15 is 0 Å². The second-order valence-electron chi connectivity index (χ2n) is 5.82. The first-order valence-corrected chi connectivity index (χ1v) is 7.59. The number of hydrogen-bond donors (Lipinski definition) is 1. The molecule has 1 N–H and O–H groups in total. The van der Waals surface area contributed by atoms with Crippen LogP contribution in [0.15, 0.2) is 35.9 Å². The van der Waals surface area contributed by atoms with E-state index in [0.29, 0.717) is 11.3 Å². The van der Waals surface area contributed by atoms with Crippen LogP contribution in [0.4, 0.5) is 9.18 Å². The van der Waals surface area contributed by atoms with Gasteiger partial charge in [-0.05, 0) is 49.8 Å². The van der Waals surface area contributed by atoms with Crippen LogP contribution >= 0.6 is 0 Å².